The van der Waals surface area contributed by atoms with Crippen molar-refractivity contribution in [3.8, 4) is 0 Å². The Bertz CT molecular complexity index is 560. The molecule has 0 heterocycles. The molecule has 3 aliphatic rings. The average molecular weight is 272 g/mol. The number of hydrogen-bond acceptors (Lipinski definition) is 1. The zero-order valence-electron chi connectivity index (χ0n) is 10.8. The molecule has 0 saturated heterocycles. The number of nitrogens with two attached hydrogens (primary N) is 1. The van der Waals surface area contributed by atoms with Crippen molar-refractivity contribution in [3.63, 3.8) is 0 Å². The lowest BCUT2D eigenvalue weighted by atomic mass is 9.59. The van der Waals surface area contributed by atoms with Crippen molar-refractivity contribution < 1.29 is 0 Å². The van der Waals surface area contributed by atoms with Gasteiger partial charge in [0.15, 0.2) is 0 Å². The summed E-state index contributed by atoms with van der Waals surface area (Å²) in [6, 6.07) is 17.9. The molecular formula is C17H18ClN. The van der Waals surface area contributed by atoms with Crippen LogP contribution in [0.3, 0.4) is 0 Å². The summed E-state index contributed by atoms with van der Waals surface area (Å²) in [5.41, 5.74) is 12.1. The monoisotopic (exact) mass is 271 g/mol. The summed E-state index contributed by atoms with van der Waals surface area (Å²) in [6.07, 6.45) is 1.22. The number of benzene rings is 2. The highest BCUT2D eigenvalue weighted by Crippen LogP contribution is 2.54. The summed E-state index contributed by atoms with van der Waals surface area (Å²) < 4.78 is 0. The highest BCUT2D eigenvalue weighted by atomic mass is 35.5. The predicted octanol–water partition coefficient (Wildman–Crippen LogP) is 3.66. The summed E-state index contributed by atoms with van der Waals surface area (Å²) >= 11 is 0. The molecule has 98 valence electrons. The Morgan fingerprint density at radius 3 is 1.79 bits per heavy atom. The van der Waals surface area contributed by atoms with Gasteiger partial charge < -0.3 is 5.73 Å². The average Bonchev–Trinajstić information content (AvgIpc) is 2.47. The first-order valence-electron chi connectivity index (χ1n) is 6.78. The third kappa shape index (κ3) is 1.65. The standard InChI is InChI=1S/C17H17N.ClH/c18-10-11-9-16-12-5-1-3-7-14(12)17(11)15-8-4-2-6-13(15)16;/h1-8,11,16-17H,9-10,18H2;1H. The van der Waals surface area contributed by atoms with Gasteiger partial charge in [-0.1, -0.05) is 48.5 Å². The third-order valence-corrected chi connectivity index (χ3v) is 4.73. The van der Waals surface area contributed by atoms with Gasteiger partial charge >= 0.3 is 0 Å². The van der Waals surface area contributed by atoms with E-state index in [0.717, 1.165) is 6.54 Å². The molecule has 2 bridgehead atoms. The molecule has 1 atom stereocenters. The van der Waals surface area contributed by atoms with Crippen LogP contribution in [0.4, 0.5) is 0 Å². The van der Waals surface area contributed by atoms with E-state index in [4.69, 9.17) is 5.73 Å². The second-order valence-corrected chi connectivity index (χ2v) is 5.52. The molecule has 1 nitrogen and oxygen atoms in total. The van der Waals surface area contributed by atoms with E-state index in [1.807, 2.05) is 0 Å². The Kier molecular flexibility index (Phi) is 3.12. The van der Waals surface area contributed by atoms with Gasteiger partial charge in [-0.05, 0) is 41.1 Å². The summed E-state index contributed by atoms with van der Waals surface area (Å²) in [7, 11) is 0. The van der Waals surface area contributed by atoms with Crippen LogP contribution in [-0.4, -0.2) is 6.54 Å². The van der Waals surface area contributed by atoms with Crippen LogP contribution >= 0.6 is 12.4 Å². The molecule has 19 heavy (non-hydrogen) atoms. The Morgan fingerprint density at radius 1 is 0.842 bits per heavy atom. The van der Waals surface area contributed by atoms with Crippen LogP contribution in [0.5, 0.6) is 0 Å². The van der Waals surface area contributed by atoms with Crippen molar-refractivity contribution in [1.29, 1.82) is 0 Å². The van der Waals surface area contributed by atoms with Crippen LogP contribution < -0.4 is 5.73 Å². The predicted molar refractivity (Wildman–Crippen MR) is 81.0 cm³/mol. The SMILES string of the molecule is Cl.NCC1CC2c3ccccc3C1c1ccccc12. The number of rotatable bonds is 1. The van der Waals surface area contributed by atoms with E-state index in [0.29, 0.717) is 17.8 Å². The van der Waals surface area contributed by atoms with Crippen molar-refractivity contribution in [2.24, 2.45) is 11.7 Å². The van der Waals surface area contributed by atoms with Crippen molar-refractivity contribution in [2.75, 3.05) is 6.54 Å². The number of fused-ring (bicyclic) bond motifs is 1. The first-order chi connectivity index (χ1) is 8.90. The quantitative estimate of drug-likeness (QED) is 0.842. The first-order valence-corrected chi connectivity index (χ1v) is 6.78. The summed E-state index contributed by atoms with van der Waals surface area (Å²) in [5, 5.41) is 0. The molecule has 0 radical (unpaired) electrons. The van der Waals surface area contributed by atoms with Gasteiger partial charge in [-0.15, -0.1) is 12.4 Å². The lowest BCUT2D eigenvalue weighted by molar-refractivity contribution is 0.365. The number of halogens is 1. The Morgan fingerprint density at radius 2 is 1.32 bits per heavy atom. The van der Waals surface area contributed by atoms with Gasteiger partial charge in [-0.25, -0.2) is 0 Å². The van der Waals surface area contributed by atoms with Crippen LogP contribution in [-0.2, 0) is 0 Å². The lowest BCUT2D eigenvalue weighted by Gasteiger charge is -2.45. The maximum Gasteiger partial charge on any atom is 0.0136 e. The van der Waals surface area contributed by atoms with E-state index in [1.165, 1.54) is 28.7 Å². The molecule has 2 N–H and O–H groups in total. The van der Waals surface area contributed by atoms with Gasteiger partial charge in [-0.2, -0.15) is 0 Å². The van der Waals surface area contributed by atoms with Crippen molar-refractivity contribution >= 4 is 12.4 Å². The zero-order valence-corrected chi connectivity index (χ0v) is 11.6. The van der Waals surface area contributed by atoms with E-state index >= 15 is 0 Å². The summed E-state index contributed by atoms with van der Waals surface area (Å²) in [6.45, 7) is 0.795. The molecule has 3 aliphatic carbocycles. The topological polar surface area (TPSA) is 26.0 Å². The smallest absolute Gasteiger partial charge is 0.0136 e. The minimum Gasteiger partial charge on any atom is -0.330 e. The molecule has 1 unspecified atom stereocenters. The lowest BCUT2D eigenvalue weighted by Crippen LogP contribution is -2.35. The second kappa shape index (κ2) is 4.66. The molecule has 0 aromatic heterocycles. The van der Waals surface area contributed by atoms with Crippen LogP contribution in [0.15, 0.2) is 48.5 Å². The third-order valence-electron chi connectivity index (χ3n) is 4.73. The van der Waals surface area contributed by atoms with Gasteiger partial charge in [0.05, 0.1) is 0 Å². The van der Waals surface area contributed by atoms with Crippen LogP contribution in [0, 0.1) is 5.92 Å². The molecule has 0 spiro atoms. The van der Waals surface area contributed by atoms with E-state index in [-0.39, 0.29) is 12.4 Å². The fourth-order valence-electron chi connectivity index (χ4n) is 3.99. The first kappa shape index (κ1) is 12.7. The van der Waals surface area contributed by atoms with Gasteiger partial charge in [0.25, 0.3) is 0 Å². The van der Waals surface area contributed by atoms with Gasteiger partial charge in [0.2, 0.25) is 0 Å². The van der Waals surface area contributed by atoms with E-state index in [9.17, 15) is 0 Å². The minimum absolute atomic E-state index is 0. The Hall–Kier alpha value is -1.31. The molecule has 2 aromatic carbocycles. The van der Waals surface area contributed by atoms with Gasteiger partial charge in [-0.3, -0.25) is 0 Å². The summed E-state index contributed by atoms with van der Waals surface area (Å²) in [5.74, 6) is 1.70. The van der Waals surface area contributed by atoms with Crippen LogP contribution in [0.2, 0.25) is 0 Å². The van der Waals surface area contributed by atoms with Crippen molar-refractivity contribution in [1.82, 2.24) is 0 Å². The highest BCUT2D eigenvalue weighted by molar-refractivity contribution is 5.85. The molecule has 0 aliphatic heterocycles. The molecule has 0 fully saturated rings. The van der Waals surface area contributed by atoms with E-state index in [1.54, 1.807) is 0 Å². The minimum atomic E-state index is 0. The van der Waals surface area contributed by atoms with Crippen LogP contribution in [0.25, 0.3) is 0 Å². The maximum atomic E-state index is 6.00. The normalized spacial score (nSPS) is 26.3. The second-order valence-electron chi connectivity index (χ2n) is 5.52. The summed E-state index contributed by atoms with van der Waals surface area (Å²) in [4.78, 5) is 0. The van der Waals surface area contributed by atoms with E-state index < -0.39 is 0 Å². The highest BCUT2D eigenvalue weighted by Gasteiger charge is 2.42. The van der Waals surface area contributed by atoms with Crippen molar-refractivity contribution in [2.45, 2.75) is 18.3 Å². The van der Waals surface area contributed by atoms with Crippen LogP contribution in [0.1, 0.15) is 40.5 Å². The largest absolute Gasteiger partial charge is 0.330 e. The molecule has 0 amide bonds. The molecule has 0 saturated carbocycles. The number of hydrogen-bond donors (Lipinski definition) is 1. The fourth-order valence-corrected chi connectivity index (χ4v) is 3.99. The Labute approximate surface area is 120 Å². The molecule has 5 rings (SSSR count). The Balaban J connectivity index is 0.00000110. The fraction of sp³-hybridized carbons (Fsp3) is 0.294. The zero-order chi connectivity index (χ0) is 12.1. The molecule has 2 aromatic rings. The van der Waals surface area contributed by atoms with Gasteiger partial charge in [0, 0.05) is 11.8 Å². The van der Waals surface area contributed by atoms with Crippen molar-refractivity contribution in [3.05, 3.63) is 70.8 Å². The maximum absolute atomic E-state index is 6.00. The van der Waals surface area contributed by atoms with E-state index in [2.05, 4.69) is 48.5 Å². The van der Waals surface area contributed by atoms with Gasteiger partial charge in [0.1, 0.15) is 0 Å². The molecule has 2 heteroatoms. The molecular weight excluding hydrogens is 254 g/mol.